The molecule has 1 fully saturated rings. The standard InChI is InChI=1S/C12H25NO3/c1-2-15-7-8-16-10-12(14)9-13-6-5-11-3-4-11/h11-14H,2-10H2,1H3. The third-order valence-electron chi connectivity index (χ3n) is 2.69. The van der Waals surface area contributed by atoms with E-state index in [0.29, 0.717) is 33.0 Å². The van der Waals surface area contributed by atoms with Crippen LogP contribution in [0.15, 0.2) is 0 Å². The van der Waals surface area contributed by atoms with Gasteiger partial charge in [0.05, 0.1) is 25.9 Å². The predicted molar refractivity (Wildman–Crippen MR) is 63.5 cm³/mol. The molecule has 1 aliphatic rings. The summed E-state index contributed by atoms with van der Waals surface area (Å²) in [4.78, 5) is 0. The fourth-order valence-corrected chi connectivity index (χ4v) is 1.52. The number of nitrogens with one attached hydrogen (secondary N) is 1. The van der Waals surface area contributed by atoms with Crippen molar-refractivity contribution in [1.82, 2.24) is 5.32 Å². The summed E-state index contributed by atoms with van der Waals surface area (Å²) in [6.07, 6.45) is 3.63. The van der Waals surface area contributed by atoms with Crippen LogP contribution in [0.1, 0.15) is 26.2 Å². The normalized spacial score (nSPS) is 17.6. The Bertz CT molecular complexity index is 162. The van der Waals surface area contributed by atoms with Gasteiger partial charge in [-0.25, -0.2) is 0 Å². The van der Waals surface area contributed by atoms with Gasteiger partial charge in [-0.05, 0) is 25.8 Å². The van der Waals surface area contributed by atoms with Gasteiger partial charge in [0.15, 0.2) is 0 Å². The highest BCUT2D eigenvalue weighted by Gasteiger charge is 2.20. The first-order valence-electron chi connectivity index (χ1n) is 6.37. The smallest absolute Gasteiger partial charge is 0.0897 e. The van der Waals surface area contributed by atoms with E-state index in [0.717, 1.165) is 12.5 Å². The largest absolute Gasteiger partial charge is 0.389 e. The summed E-state index contributed by atoms with van der Waals surface area (Å²) in [5, 5.41) is 12.8. The molecule has 0 heterocycles. The molecule has 4 nitrogen and oxygen atoms in total. The molecule has 1 rings (SSSR count). The van der Waals surface area contributed by atoms with Crippen molar-refractivity contribution in [2.24, 2.45) is 5.92 Å². The summed E-state index contributed by atoms with van der Waals surface area (Å²) in [5.74, 6) is 0.951. The number of rotatable bonds is 11. The molecule has 0 bridgehead atoms. The Morgan fingerprint density at radius 2 is 2.06 bits per heavy atom. The van der Waals surface area contributed by atoms with E-state index < -0.39 is 6.10 Å². The Morgan fingerprint density at radius 3 is 2.75 bits per heavy atom. The molecule has 16 heavy (non-hydrogen) atoms. The fourth-order valence-electron chi connectivity index (χ4n) is 1.52. The van der Waals surface area contributed by atoms with Crippen molar-refractivity contribution < 1.29 is 14.6 Å². The second-order valence-electron chi connectivity index (χ2n) is 4.36. The molecule has 0 saturated heterocycles. The molecule has 4 heteroatoms. The SMILES string of the molecule is CCOCCOCC(O)CNCCC1CC1. The van der Waals surface area contributed by atoms with Crippen molar-refractivity contribution in [2.75, 3.05) is 39.5 Å². The van der Waals surface area contributed by atoms with E-state index in [1.54, 1.807) is 0 Å². The summed E-state index contributed by atoms with van der Waals surface area (Å²) in [7, 11) is 0. The highest BCUT2D eigenvalue weighted by atomic mass is 16.5. The average molecular weight is 231 g/mol. The monoisotopic (exact) mass is 231 g/mol. The summed E-state index contributed by atoms with van der Waals surface area (Å²) < 4.78 is 10.4. The molecular formula is C12H25NO3. The van der Waals surface area contributed by atoms with Crippen molar-refractivity contribution in [2.45, 2.75) is 32.3 Å². The second-order valence-corrected chi connectivity index (χ2v) is 4.36. The van der Waals surface area contributed by atoms with Crippen LogP contribution in [0.2, 0.25) is 0 Å². The lowest BCUT2D eigenvalue weighted by Gasteiger charge is -2.12. The van der Waals surface area contributed by atoms with Crippen LogP contribution in [0.4, 0.5) is 0 Å². The van der Waals surface area contributed by atoms with Gasteiger partial charge in [0, 0.05) is 13.2 Å². The maximum Gasteiger partial charge on any atom is 0.0897 e. The van der Waals surface area contributed by atoms with Crippen molar-refractivity contribution in [3.8, 4) is 0 Å². The van der Waals surface area contributed by atoms with Crippen LogP contribution in [-0.4, -0.2) is 50.7 Å². The number of hydrogen-bond acceptors (Lipinski definition) is 4. The second kappa shape index (κ2) is 8.93. The summed E-state index contributed by atoms with van der Waals surface area (Å²) in [6, 6.07) is 0. The minimum atomic E-state index is -0.402. The molecule has 2 N–H and O–H groups in total. The Hall–Kier alpha value is -0.160. The molecule has 0 aromatic rings. The lowest BCUT2D eigenvalue weighted by atomic mass is 10.3. The van der Waals surface area contributed by atoms with Gasteiger partial charge in [-0.15, -0.1) is 0 Å². The van der Waals surface area contributed by atoms with Crippen LogP contribution in [0.5, 0.6) is 0 Å². The fraction of sp³-hybridized carbons (Fsp3) is 1.00. The molecule has 0 spiro atoms. The van der Waals surface area contributed by atoms with Gasteiger partial charge in [-0.1, -0.05) is 12.8 Å². The molecule has 0 radical (unpaired) electrons. The highest BCUT2D eigenvalue weighted by molar-refractivity contribution is 4.73. The van der Waals surface area contributed by atoms with Gasteiger partial charge < -0.3 is 19.9 Å². The van der Waals surface area contributed by atoms with E-state index in [1.165, 1.54) is 19.3 Å². The van der Waals surface area contributed by atoms with E-state index in [4.69, 9.17) is 9.47 Å². The first-order valence-corrected chi connectivity index (χ1v) is 6.37. The Labute approximate surface area is 98.3 Å². The maximum atomic E-state index is 9.56. The van der Waals surface area contributed by atoms with Gasteiger partial charge >= 0.3 is 0 Å². The van der Waals surface area contributed by atoms with Gasteiger partial charge in [0.1, 0.15) is 0 Å². The van der Waals surface area contributed by atoms with E-state index in [9.17, 15) is 5.11 Å². The average Bonchev–Trinajstić information content (AvgIpc) is 3.08. The molecule has 1 atom stereocenters. The lowest BCUT2D eigenvalue weighted by Crippen LogP contribution is -2.31. The number of ether oxygens (including phenoxy) is 2. The van der Waals surface area contributed by atoms with Gasteiger partial charge in [-0.3, -0.25) is 0 Å². The van der Waals surface area contributed by atoms with Crippen LogP contribution in [-0.2, 0) is 9.47 Å². The van der Waals surface area contributed by atoms with Gasteiger partial charge in [-0.2, -0.15) is 0 Å². The zero-order valence-electron chi connectivity index (χ0n) is 10.3. The Morgan fingerprint density at radius 1 is 1.31 bits per heavy atom. The van der Waals surface area contributed by atoms with Crippen LogP contribution in [0.3, 0.4) is 0 Å². The minimum Gasteiger partial charge on any atom is -0.389 e. The van der Waals surface area contributed by atoms with Crippen molar-refractivity contribution in [1.29, 1.82) is 0 Å². The topological polar surface area (TPSA) is 50.7 Å². The molecule has 1 aliphatic carbocycles. The maximum absolute atomic E-state index is 9.56. The third kappa shape index (κ3) is 8.05. The number of hydrogen-bond donors (Lipinski definition) is 2. The molecule has 0 aromatic heterocycles. The molecule has 0 aromatic carbocycles. The third-order valence-corrected chi connectivity index (χ3v) is 2.69. The van der Waals surface area contributed by atoms with Crippen molar-refractivity contribution in [3.63, 3.8) is 0 Å². The molecule has 1 saturated carbocycles. The van der Waals surface area contributed by atoms with E-state index in [2.05, 4.69) is 5.32 Å². The van der Waals surface area contributed by atoms with Crippen molar-refractivity contribution >= 4 is 0 Å². The molecule has 0 amide bonds. The number of aliphatic hydroxyl groups excluding tert-OH is 1. The van der Waals surface area contributed by atoms with Crippen LogP contribution in [0.25, 0.3) is 0 Å². The minimum absolute atomic E-state index is 0.392. The number of aliphatic hydroxyl groups is 1. The van der Waals surface area contributed by atoms with E-state index in [1.807, 2.05) is 6.92 Å². The molecule has 1 unspecified atom stereocenters. The van der Waals surface area contributed by atoms with Crippen LogP contribution < -0.4 is 5.32 Å². The van der Waals surface area contributed by atoms with Crippen molar-refractivity contribution in [3.05, 3.63) is 0 Å². The zero-order valence-corrected chi connectivity index (χ0v) is 10.3. The molecular weight excluding hydrogens is 206 g/mol. The summed E-state index contributed by atoms with van der Waals surface area (Å²) in [6.45, 7) is 5.88. The molecule has 96 valence electrons. The van der Waals surface area contributed by atoms with Crippen LogP contribution >= 0.6 is 0 Å². The summed E-state index contributed by atoms with van der Waals surface area (Å²) >= 11 is 0. The van der Waals surface area contributed by atoms with Gasteiger partial charge in [0.2, 0.25) is 0 Å². The zero-order chi connectivity index (χ0) is 11.6. The van der Waals surface area contributed by atoms with Crippen LogP contribution in [0, 0.1) is 5.92 Å². The van der Waals surface area contributed by atoms with E-state index in [-0.39, 0.29) is 0 Å². The molecule has 0 aliphatic heterocycles. The quantitative estimate of drug-likeness (QED) is 0.516. The Balaban J connectivity index is 1.76. The summed E-state index contributed by atoms with van der Waals surface area (Å²) in [5.41, 5.74) is 0. The first kappa shape index (κ1) is 13.9. The van der Waals surface area contributed by atoms with E-state index >= 15 is 0 Å². The lowest BCUT2D eigenvalue weighted by molar-refractivity contribution is 0.00653. The first-order chi connectivity index (χ1) is 7.83. The Kier molecular flexibility index (Phi) is 7.76. The highest BCUT2D eigenvalue weighted by Crippen LogP contribution is 2.31. The van der Waals surface area contributed by atoms with Gasteiger partial charge in [0.25, 0.3) is 0 Å². The predicted octanol–water partition coefficient (Wildman–Crippen LogP) is 0.790.